The van der Waals surface area contributed by atoms with Crippen molar-refractivity contribution in [2.45, 2.75) is 62.7 Å². The van der Waals surface area contributed by atoms with E-state index in [1.54, 1.807) is 17.6 Å². The number of phosphoric ester groups is 1. The van der Waals surface area contributed by atoms with Gasteiger partial charge in [0.15, 0.2) is 17.7 Å². The van der Waals surface area contributed by atoms with E-state index in [9.17, 15) is 39.0 Å². The third kappa shape index (κ3) is 6.73. The lowest BCUT2D eigenvalue weighted by atomic mass is 10.0. The largest absolute Gasteiger partial charge is 0.479 e. The summed E-state index contributed by atoms with van der Waals surface area (Å²) in [6, 6.07) is 0. The highest BCUT2D eigenvalue weighted by molar-refractivity contribution is 7.64. The molecule has 44 heavy (non-hydrogen) atoms. The fraction of sp³-hybridized carbons (Fsp3) is 0.565. The van der Waals surface area contributed by atoms with Gasteiger partial charge in [0.05, 0.1) is 31.3 Å². The van der Waals surface area contributed by atoms with E-state index in [0.29, 0.717) is 11.2 Å². The van der Waals surface area contributed by atoms with Crippen molar-refractivity contribution in [3.05, 3.63) is 36.7 Å². The highest BCUT2D eigenvalue weighted by Gasteiger charge is 2.47. The number of aliphatic hydroxyl groups excluding tert-OH is 3. The van der Waals surface area contributed by atoms with Crippen molar-refractivity contribution in [1.29, 1.82) is 0 Å². The molecule has 3 aliphatic rings. The summed E-state index contributed by atoms with van der Waals surface area (Å²) < 4.78 is 47.7. The Morgan fingerprint density at radius 2 is 1.82 bits per heavy atom. The minimum absolute atomic E-state index is 0.158. The van der Waals surface area contributed by atoms with E-state index < -0.39 is 83.0 Å². The minimum atomic E-state index is -5.19. The van der Waals surface area contributed by atoms with Crippen LogP contribution in [0.5, 0.6) is 0 Å². The summed E-state index contributed by atoms with van der Waals surface area (Å²) in [5.74, 6) is -1.03. The maximum absolute atomic E-state index is 12.7. The fourth-order valence-corrected chi connectivity index (χ4v) is 7.92. The van der Waals surface area contributed by atoms with Gasteiger partial charge in [-0.15, -0.1) is 0 Å². The zero-order valence-electron chi connectivity index (χ0n) is 23.2. The molecule has 2 aromatic heterocycles. The van der Waals surface area contributed by atoms with Crippen LogP contribution in [-0.2, 0) is 32.2 Å². The predicted molar refractivity (Wildman–Crippen MR) is 149 cm³/mol. The summed E-state index contributed by atoms with van der Waals surface area (Å²) in [6.07, 6.45) is -2.01. The van der Waals surface area contributed by atoms with Gasteiger partial charge in [-0.05, 0) is 12.8 Å². The quantitative estimate of drug-likeness (QED) is 0.143. The number of allylic oxidation sites excluding steroid dienone is 1. The van der Waals surface area contributed by atoms with Gasteiger partial charge in [-0.2, -0.15) is 0 Å². The molecule has 3 aliphatic heterocycles. The number of fused-ring (bicyclic) bond motifs is 1. The minimum Gasteiger partial charge on any atom is -0.390 e. The fourth-order valence-electron chi connectivity index (χ4n) is 5.20. The van der Waals surface area contributed by atoms with Crippen LogP contribution < -0.4 is 11.5 Å². The summed E-state index contributed by atoms with van der Waals surface area (Å²) >= 11 is 0. The van der Waals surface area contributed by atoms with Crippen molar-refractivity contribution in [2.24, 2.45) is 11.7 Å². The first-order chi connectivity index (χ1) is 20.7. The zero-order chi connectivity index (χ0) is 32.0. The molecule has 9 N–H and O–H groups in total. The highest BCUT2D eigenvalue weighted by Crippen LogP contribution is 2.60. The van der Waals surface area contributed by atoms with Gasteiger partial charge in [0.25, 0.3) is 0 Å². The maximum atomic E-state index is 12.7. The average Bonchev–Trinajstić information content (AvgIpc) is 3.61. The molecule has 1 amide bonds. The Balaban J connectivity index is 1.15. The van der Waals surface area contributed by atoms with Gasteiger partial charge < -0.3 is 50.9 Å². The number of rotatable bonds is 11. The number of nitrogens with two attached hydrogens (primary N) is 2. The number of hydrogen-bond acceptors (Lipinski definition) is 15. The van der Waals surface area contributed by atoms with Crippen LogP contribution >= 0.6 is 15.4 Å². The molecule has 0 saturated carbocycles. The number of hydrogen-bond donors (Lipinski definition) is 7. The molecular weight excluding hydrogens is 628 g/mol. The first kappa shape index (κ1) is 32.6. The second-order valence-electron chi connectivity index (χ2n) is 10.6. The molecule has 2 fully saturated rings. The monoisotopic (exact) mass is 661 g/mol. The van der Waals surface area contributed by atoms with Crippen molar-refractivity contribution in [3.8, 4) is 0 Å². The molecule has 5 rings (SSSR count). The Morgan fingerprint density at radius 1 is 1.09 bits per heavy atom. The Morgan fingerprint density at radius 3 is 2.55 bits per heavy atom. The number of primary amides is 1. The number of carbonyl (C=O) groups is 1. The van der Waals surface area contributed by atoms with E-state index in [4.69, 9.17) is 25.5 Å². The molecule has 10 atom stereocenters. The van der Waals surface area contributed by atoms with Crippen LogP contribution in [0, 0.1) is 5.92 Å². The molecule has 0 radical (unpaired) electrons. The van der Waals surface area contributed by atoms with Gasteiger partial charge >= 0.3 is 15.4 Å². The van der Waals surface area contributed by atoms with Crippen molar-refractivity contribution in [3.63, 3.8) is 0 Å². The first-order valence-corrected chi connectivity index (χ1v) is 16.7. The topological polar surface area (TPSA) is 288 Å². The molecular formula is C23H33N7O12P2. The second-order valence-corrected chi connectivity index (χ2v) is 14.2. The maximum Gasteiger partial charge on any atom is 0.479 e. The summed E-state index contributed by atoms with van der Waals surface area (Å²) in [5.41, 5.74) is 12.1. The molecule has 3 unspecified atom stereocenters. The molecule has 5 heterocycles. The number of anilines is 1. The number of nitrogens with zero attached hydrogens (tertiary/aromatic N) is 5. The molecule has 19 nitrogen and oxygen atoms in total. The summed E-state index contributed by atoms with van der Waals surface area (Å²) in [6.45, 7) is 0.898. The van der Waals surface area contributed by atoms with Crippen molar-refractivity contribution in [2.75, 3.05) is 18.5 Å². The standard InChI is InChI=1S/C23H33N7O12P2/c1-11-16(31)13(40-22(11)30-10-28-15-19(24)26-9-27-21(15)30)4-6-43(35,36)42-44(37,38)39-8-14-17(32)18(33)23(41-14)29-5-2-3-12(7-29)20(25)34/h2,5,7,9-11,13-14,16-18,22-23,31-33H,3-4,6,8H2,1H3,(H2,25,34)(H,35,36)(H,37,38)(H2,24,26,27)/t11-,13-,14-,16+,17-,18-,22?,23-/m1/s1. The molecule has 0 aromatic carbocycles. The molecule has 2 saturated heterocycles. The predicted octanol–water partition coefficient (Wildman–Crippen LogP) is -0.953. The molecule has 0 spiro atoms. The molecule has 21 heteroatoms. The van der Waals surface area contributed by atoms with Crippen LogP contribution in [0.3, 0.4) is 0 Å². The summed E-state index contributed by atoms with van der Waals surface area (Å²) in [5, 5.41) is 31.6. The number of carbonyl (C=O) groups excluding carboxylic acids is 1. The van der Waals surface area contributed by atoms with Crippen LogP contribution in [0.1, 0.15) is 26.0 Å². The summed E-state index contributed by atoms with van der Waals surface area (Å²) in [7, 11) is -9.97. The van der Waals surface area contributed by atoms with E-state index in [0.717, 1.165) is 0 Å². The SMILES string of the molecule is C[C@H]1C(n2cnc3c(N)ncnc32)O[C@H](CCP(=O)(O)OP(=O)(O)OC[C@H]2O[C@@H](N3C=CCC(C(N)=O)=C3)[C@H](O)[C@@H]2O)[C@H]1O. The van der Waals surface area contributed by atoms with E-state index >= 15 is 0 Å². The number of aliphatic hydroxyl groups is 3. The van der Waals surface area contributed by atoms with E-state index in [2.05, 4.69) is 19.3 Å². The lowest BCUT2D eigenvalue weighted by Crippen LogP contribution is -2.40. The van der Waals surface area contributed by atoms with Gasteiger partial charge in [-0.3, -0.25) is 18.5 Å². The zero-order valence-corrected chi connectivity index (χ0v) is 25.0. The van der Waals surface area contributed by atoms with Crippen LogP contribution in [-0.4, -0.2) is 105 Å². The van der Waals surface area contributed by atoms with Gasteiger partial charge in [-0.1, -0.05) is 13.0 Å². The lowest BCUT2D eigenvalue weighted by Gasteiger charge is -2.28. The second kappa shape index (κ2) is 12.5. The number of phosphoric acid groups is 1. The van der Waals surface area contributed by atoms with E-state index in [1.165, 1.54) is 30.0 Å². The molecule has 0 bridgehead atoms. The summed E-state index contributed by atoms with van der Waals surface area (Å²) in [4.78, 5) is 45.5. The van der Waals surface area contributed by atoms with Gasteiger partial charge in [-0.25, -0.2) is 23.8 Å². The average molecular weight is 662 g/mol. The number of imidazole rings is 1. The van der Waals surface area contributed by atoms with Gasteiger partial charge in [0.2, 0.25) is 5.91 Å². The number of nitrogen functional groups attached to an aromatic ring is 1. The van der Waals surface area contributed by atoms with Gasteiger partial charge in [0.1, 0.15) is 36.4 Å². The third-order valence-electron chi connectivity index (χ3n) is 7.54. The van der Waals surface area contributed by atoms with Crippen LogP contribution in [0.2, 0.25) is 0 Å². The third-order valence-corrected chi connectivity index (χ3v) is 10.7. The molecule has 0 aliphatic carbocycles. The molecule has 242 valence electrons. The van der Waals surface area contributed by atoms with E-state index in [1.807, 2.05) is 0 Å². The number of aromatic nitrogens is 4. The van der Waals surface area contributed by atoms with Crippen LogP contribution in [0.15, 0.2) is 36.7 Å². The van der Waals surface area contributed by atoms with Crippen LogP contribution in [0.4, 0.5) is 5.82 Å². The van der Waals surface area contributed by atoms with Crippen molar-refractivity contribution in [1.82, 2.24) is 24.4 Å². The Kier molecular flexibility index (Phi) is 9.28. The Hall–Kier alpha value is -2.80. The van der Waals surface area contributed by atoms with Crippen molar-refractivity contribution >= 4 is 38.3 Å². The van der Waals surface area contributed by atoms with Crippen molar-refractivity contribution < 1.29 is 57.3 Å². The Bertz CT molecular complexity index is 1550. The first-order valence-electron chi connectivity index (χ1n) is 13.4. The smallest absolute Gasteiger partial charge is 0.390 e. The lowest BCUT2D eigenvalue weighted by molar-refractivity contribution is -0.115. The Labute approximate surface area is 249 Å². The highest BCUT2D eigenvalue weighted by atomic mass is 31.3. The van der Waals surface area contributed by atoms with Crippen LogP contribution in [0.25, 0.3) is 11.2 Å². The number of amides is 1. The normalized spacial score (nSPS) is 33.3. The van der Waals surface area contributed by atoms with E-state index in [-0.39, 0.29) is 24.2 Å². The van der Waals surface area contributed by atoms with Gasteiger partial charge in [0, 0.05) is 23.9 Å². The number of ether oxygens (including phenoxy) is 2. The molecule has 2 aromatic rings.